The van der Waals surface area contributed by atoms with E-state index in [1.54, 1.807) is 4.90 Å². The predicted octanol–water partition coefficient (Wildman–Crippen LogP) is 2.40. The number of carbonyl (C=O) groups excluding carboxylic acids is 1. The van der Waals surface area contributed by atoms with E-state index in [0.29, 0.717) is 26.1 Å². The summed E-state index contributed by atoms with van der Waals surface area (Å²) >= 11 is 0. The molecule has 1 aliphatic carbocycles. The minimum absolute atomic E-state index is 0.114. The lowest BCUT2D eigenvalue weighted by Gasteiger charge is -2.23. The van der Waals surface area contributed by atoms with Gasteiger partial charge in [0.15, 0.2) is 0 Å². The van der Waals surface area contributed by atoms with E-state index >= 15 is 0 Å². The molecular formula is C20H29N3O3. The summed E-state index contributed by atoms with van der Waals surface area (Å²) in [5.41, 5.74) is 0.578. The Morgan fingerprint density at radius 3 is 2.81 bits per heavy atom. The van der Waals surface area contributed by atoms with E-state index in [2.05, 4.69) is 29.4 Å². The number of nitrogens with zero attached hydrogens (tertiary/aromatic N) is 2. The number of carboxylic acids is 1. The number of carboxylic acid groups (broad SMARTS) is 1. The first kappa shape index (κ1) is 18.7. The van der Waals surface area contributed by atoms with Crippen molar-refractivity contribution in [2.75, 3.05) is 33.2 Å². The van der Waals surface area contributed by atoms with Gasteiger partial charge in [0.05, 0.1) is 5.41 Å². The molecule has 1 aliphatic heterocycles. The maximum atomic E-state index is 12.4. The molecule has 1 saturated heterocycles. The van der Waals surface area contributed by atoms with Crippen LogP contribution in [0.15, 0.2) is 30.3 Å². The van der Waals surface area contributed by atoms with Crippen LogP contribution in [-0.4, -0.2) is 60.1 Å². The molecule has 6 nitrogen and oxygen atoms in total. The predicted molar refractivity (Wildman–Crippen MR) is 99.8 cm³/mol. The van der Waals surface area contributed by atoms with Crippen LogP contribution in [0.1, 0.15) is 31.2 Å². The first-order chi connectivity index (χ1) is 12.5. The summed E-state index contributed by atoms with van der Waals surface area (Å²) in [6.07, 6.45) is 3.44. The highest BCUT2D eigenvalue weighted by Crippen LogP contribution is 2.48. The zero-order valence-corrected chi connectivity index (χ0v) is 15.5. The van der Waals surface area contributed by atoms with Crippen molar-refractivity contribution in [1.82, 2.24) is 15.1 Å². The van der Waals surface area contributed by atoms with E-state index in [1.807, 2.05) is 18.2 Å². The number of nitrogens with one attached hydrogen (secondary N) is 1. The average Bonchev–Trinajstić information content (AvgIpc) is 3.18. The number of rotatable bonds is 7. The van der Waals surface area contributed by atoms with Gasteiger partial charge in [-0.2, -0.15) is 0 Å². The number of hydrogen-bond donors (Lipinski definition) is 2. The highest BCUT2D eigenvalue weighted by molar-refractivity contribution is 5.80. The summed E-state index contributed by atoms with van der Waals surface area (Å²) in [7, 11) is 2.08. The molecule has 1 aromatic rings. The number of benzene rings is 1. The van der Waals surface area contributed by atoms with Crippen LogP contribution in [0.25, 0.3) is 0 Å². The summed E-state index contributed by atoms with van der Waals surface area (Å²) in [5.74, 6) is -0.624. The number of hydrogen-bond acceptors (Lipinski definition) is 3. The molecule has 0 unspecified atom stereocenters. The molecule has 1 heterocycles. The van der Waals surface area contributed by atoms with Crippen LogP contribution in [0.5, 0.6) is 0 Å². The van der Waals surface area contributed by atoms with Gasteiger partial charge in [-0.1, -0.05) is 36.8 Å². The summed E-state index contributed by atoms with van der Waals surface area (Å²) in [6.45, 7) is 3.33. The van der Waals surface area contributed by atoms with Gasteiger partial charge >= 0.3 is 12.0 Å². The molecule has 2 aliphatic rings. The maximum Gasteiger partial charge on any atom is 0.317 e. The average molecular weight is 359 g/mol. The first-order valence-electron chi connectivity index (χ1n) is 9.50. The Bertz CT molecular complexity index is 636. The third-order valence-corrected chi connectivity index (χ3v) is 5.87. The van der Waals surface area contributed by atoms with Gasteiger partial charge in [-0.15, -0.1) is 0 Å². The fourth-order valence-corrected chi connectivity index (χ4v) is 4.42. The third kappa shape index (κ3) is 4.01. The number of amides is 2. The molecule has 2 fully saturated rings. The second-order valence-corrected chi connectivity index (χ2v) is 7.74. The number of likely N-dealkylation sites (tertiary alicyclic amines) is 1. The van der Waals surface area contributed by atoms with Crippen molar-refractivity contribution in [2.45, 2.75) is 32.2 Å². The molecule has 2 N–H and O–H groups in total. The van der Waals surface area contributed by atoms with Gasteiger partial charge in [0.2, 0.25) is 0 Å². The Morgan fingerprint density at radius 1 is 1.35 bits per heavy atom. The third-order valence-electron chi connectivity index (χ3n) is 5.87. The van der Waals surface area contributed by atoms with Crippen LogP contribution in [0, 0.1) is 11.3 Å². The summed E-state index contributed by atoms with van der Waals surface area (Å²) in [6, 6.07) is 10.2. The molecule has 6 heteroatoms. The lowest BCUT2D eigenvalue weighted by atomic mass is 9.81. The standard InChI is InChI=1S/C20H29N3O3/c1-22(13-16-7-3-2-4-8-16)12-6-11-21-19(26)23-14-17-9-5-10-20(17,15-23)18(24)25/h2-4,7-8,17H,5-6,9-15H2,1H3,(H,21,26)(H,24,25)/t17-,20+/m0/s1. The van der Waals surface area contributed by atoms with Crippen molar-refractivity contribution >= 4 is 12.0 Å². The Labute approximate surface area is 155 Å². The van der Waals surface area contributed by atoms with Gasteiger partial charge in [-0.25, -0.2) is 4.79 Å². The van der Waals surface area contributed by atoms with E-state index in [4.69, 9.17) is 0 Å². The molecule has 0 aromatic heterocycles. The molecule has 1 aromatic carbocycles. The van der Waals surface area contributed by atoms with Crippen LogP contribution >= 0.6 is 0 Å². The fourth-order valence-electron chi connectivity index (χ4n) is 4.42. The number of urea groups is 1. The number of aliphatic carboxylic acids is 1. The number of carbonyl (C=O) groups is 2. The number of fused-ring (bicyclic) bond motifs is 1. The molecule has 0 radical (unpaired) electrons. The molecule has 1 saturated carbocycles. The summed E-state index contributed by atoms with van der Waals surface area (Å²) < 4.78 is 0. The maximum absolute atomic E-state index is 12.4. The van der Waals surface area contributed by atoms with E-state index in [0.717, 1.165) is 32.4 Å². The molecule has 26 heavy (non-hydrogen) atoms. The normalized spacial score (nSPS) is 24.7. The van der Waals surface area contributed by atoms with Crippen molar-refractivity contribution in [3.63, 3.8) is 0 Å². The molecule has 142 valence electrons. The van der Waals surface area contributed by atoms with Gasteiger partial charge in [-0.3, -0.25) is 4.79 Å². The van der Waals surface area contributed by atoms with Crippen LogP contribution in [0.2, 0.25) is 0 Å². The zero-order chi connectivity index (χ0) is 18.6. The van der Waals surface area contributed by atoms with E-state index < -0.39 is 11.4 Å². The van der Waals surface area contributed by atoms with Crippen LogP contribution in [0.4, 0.5) is 4.79 Å². The van der Waals surface area contributed by atoms with Gasteiger partial charge in [0.25, 0.3) is 0 Å². The van der Waals surface area contributed by atoms with Gasteiger partial charge in [0, 0.05) is 26.2 Å². The van der Waals surface area contributed by atoms with Crippen LogP contribution < -0.4 is 5.32 Å². The lowest BCUT2D eigenvalue weighted by molar-refractivity contribution is -0.149. The summed E-state index contributed by atoms with van der Waals surface area (Å²) in [4.78, 5) is 28.0. The zero-order valence-electron chi connectivity index (χ0n) is 15.5. The van der Waals surface area contributed by atoms with E-state index in [-0.39, 0.29) is 11.9 Å². The lowest BCUT2D eigenvalue weighted by Crippen LogP contribution is -2.42. The molecular weight excluding hydrogens is 330 g/mol. The van der Waals surface area contributed by atoms with Gasteiger partial charge < -0.3 is 20.2 Å². The first-order valence-corrected chi connectivity index (χ1v) is 9.50. The Morgan fingerprint density at radius 2 is 2.12 bits per heavy atom. The van der Waals surface area contributed by atoms with Gasteiger partial charge in [-0.05, 0) is 44.3 Å². The fraction of sp³-hybridized carbons (Fsp3) is 0.600. The van der Waals surface area contributed by atoms with E-state index in [1.165, 1.54) is 5.56 Å². The monoisotopic (exact) mass is 359 g/mol. The minimum atomic E-state index is -0.738. The minimum Gasteiger partial charge on any atom is -0.481 e. The van der Waals surface area contributed by atoms with Crippen molar-refractivity contribution < 1.29 is 14.7 Å². The second-order valence-electron chi connectivity index (χ2n) is 7.74. The van der Waals surface area contributed by atoms with Crippen molar-refractivity contribution in [3.8, 4) is 0 Å². The SMILES string of the molecule is CN(CCCNC(=O)N1C[C@@H]2CCC[C@@]2(C(=O)O)C1)Cc1ccccc1. The Kier molecular flexibility index (Phi) is 5.81. The topological polar surface area (TPSA) is 72.9 Å². The van der Waals surface area contributed by atoms with Crippen LogP contribution in [0.3, 0.4) is 0 Å². The largest absolute Gasteiger partial charge is 0.481 e. The molecule has 0 bridgehead atoms. The van der Waals surface area contributed by atoms with Crippen molar-refractivity contribution in [2.24, 2.45) is 11.3 Å². The van der Waals surface area contributed by atoms with Crippen molar-refractivity contribution in [3.05, 3.63) is 35.9 Å². The van der Waals surface area contributed by atoms with Crippen LogP contribution in [-0.2, 0) is 11.3 Å². The smallest absolute Gasteiger partial charge is 0.317 e. The molecule has 3 rings (SSSR count). The second kappa shape index (κ2) is 8.08. The highest BCUT2D eigenvalue weighted by Gasteiger charge is 2.55. The summed E-state index contributed by atoms with van der Waals surface area (Å²) in [5, 5.41) is 12.6. The molecule has 0 spiro atoms. The Balaban J connectivity index is 1.38. The molecule has 2 amide bonds. The molecule has 2 atom stereocenters. The Hall–Kier alpha value is -2.08. The quantitative estimate of drug-likeness (QED) is 0.733. The van der Waals surface area contributed by atoms with Crippen molar-refractivity contribution in [1.29, 1.82) is 0 Å². The van der Waals surface area contributed by atoms with Gasteiger partial charge in [0.1, 0.15) is 0 Å². The highest BCUT2D eigenvalue weighted by atomic mass is 16.4. The van der Waals surface area contributed by atoms with E-state index in [9.17, 15) is 14.7 Å².